The van der Waals surface area contributed by atoms with Gasteiger partial charge in [-0.15, -0.1) is 11.8 Å². The minimum Gasteiger partial charge on any atom is -0.379 e. The molecule has 0 bridgehead atoms. The van der Waals surface area contributed by atoms with Gasteiger partial charge in [0, 0.05) is 10.4 Å². The predicted octanol–water partition coefficient (Wildman–Crippen LogP) is 2.67. The fourth-order valence-corrected chi connectivity index (χ4v) is 2.75. The third-order valence-electron chi connectivity index (χ3n) is 4.16. The van der Waals surface area contributed by atoms with E-state index in [1.165, 1.54) is 10.5 Å². The van der Waals surface area contributed by atoms with E-state index in [9.17, 15) is 0 Å². The third-order valence-corrected chi connectivity index (χ3v) is 4.90. The maximum absolute atomic E-state index is 5.49. The summed E-state index contributed by atoms with van der Waals surface area (Å²) < 4.78 is 5.49. The summed E-state index contributed by atoms with van der Waals surface area (Å²) in [4.78, 5) is 1.31. The van der Waals surface area contributed by atoms with Crippen molar-refractivity contribution >= 4 is 11.8 Å². The molecule has 1 aliphatic heterocycles. The van der Waals surface area contributed by atoms with Gasteiger partial charge in [0.25, 0.3) is 0 Å². The van der Waals surface area contributed by atoms with E-state index < -0.39 is 0 Å². The first kappa shape index (κ1) is 12.9. The van der Waals surface area contributed by atoms with Crippen molar-refractivity contribution in [3.63, 3.8) is 0 Å². The summed E-state index contributed by atoms with van der Waals surface area (Å²) in [5.41, 5.74) is 1.53. The molecule has 1 saturated heterocycles. The molecule has 0 unspecified atom stereocenters. The van der Waals surface area contributed by atoms with Crippen molar-refractivity contribution in [3.05, 3.63) is 29.8 Å². The van der Waals surface area contributed by atoms with Crippen molar-refractivity contribution in [1.29, 1.82) is 0 Å². The molecule has 0 spiro atoms. The van der Waals surface area contributed by atoms with E-state index in [2.05, 4.69) is 49.7 Å². The Morgan fingerprint density at radius 1 is 1.24 bits per heavy atom. The van der Waals surface area contributed by atoms with Gasteiger partial charge >= 0.3 is 0 Å². The number of rotatable bonds is 4. The zero-order valence-electron chi connectivity index (χ0n) is 11.0. The number of ether oxygens (including phenoxy) is 1. The lowest BCUT2D eigenvalue weighted by Gasteiger charge is -2.52. The summed E-state index contributed by atoms with van der Waals surface area (Å²) in [6.45, 7) is 6.11. The van der Waals surface area contributed by atoms with Gasteiger partial charge in [0.2, 0.25) is 0 Å². The van der Waals surface area contributed by atoms with Gasteiger partial charge in [-0.3, -0.25) is 0 Å². The summed E-state index contributed by atoms with van der Waals surface area (Å²) in [6, 6.07) is 8.89. The molecule has 0 aromatic heterocycles. The van der Waals surface area contributed by atoms with E-state index >= 15 is 0 Å². The summed E-state index contributed by atoms with van der Waals surface area (Å²) in [7, 11) is 2.02. The lowest BCUT2D eigenvalue weighted by Crippen LogP contribution is -2.65. The number of nitrogens with one attached hydrogen (secondary N) is 1. The van der Waals surface area contributed by atoms with Crippen LogP contribution in [0.2, 0.25) is 0 Å². The van der Waals surface area contributed by atoms with Gasteiger partial charge in [-0.25, -0.2) is 0 Å². The SMILES string of the molecule is CNC(C)(C)C1(c2ccc(SC)cc2)COC1. The zero-order valence-corrected chi connectivity index (χ0v) is 11.9. The smallest absolute Gasteiger partial charge is 0.0603 e. The van der Waals surface area contributed by atoms with Crippen molar-refractivity contribution in [2.24, 2.45) is 0 Å². The molecule has 17 heavy (non-hydrogen) atoms. The normalized spacial score (nSPS) is 18.8. The largest absolute Gasteiger partial charge is 0.379 e. The van der Waals surface area contributed by atoms with Crippen molar-refractivity contribution in [2.75, 3.05) is 26.5 Å². The molecule has 0 aliphatic carbocycles. The van der Waals surface area contributed by atoms with Crippen LogP contribution < -0.4 is 5.32 Å². The van der Waals surface area contributed by atoms with Gasteiger partial charge in [0.05, 0.1) is 18.6 Å². The van der Waals surface area contributed by atoms with Crippen molar-refractivity contribution in [1.82, 2.24) is 5.32 Å². The second kappa shape index (κ2) is 4.63. The van der Waals surface area contributed by atoms with Crippen LogP contribution in [0.5, 0.6) is 0 Å². The van der Waals surface area contributed by atoms with Crippen LogP contribution in [0.1, 0.15) is 19.4 Å². The average molecular weight is 251 g/mol. The lowest BCUT2D eigenvalue weighted by molar-refractivity contribution is -0.0991. The van der Waals surface area contributed by atoms with Gasteiger partial charge in [0.1, 0.15) is 0 Å². The molecule has 3 heteroatoms. The molecule has 94 valence electrons. The maximum atomic E-state index is 5.49. The number of hydrogen-bond acceptors (Lipinski definition) is 3. The Morgan fingerprint density at radius 2 is 1.82 bits per heavy atom. The van der Waals surface area contributed by atoms with Crippen LogP contribution in [0.25, 0.3) is 0 Å². The molecule has 1 N–H and O–H groups in total. The van der Waals surface area contributed by atoms with Crippen LogP contribution in [0.4, 0.5) is 0 Å². The van der Waals surface area contributed by atoms with Crippen molar-refractivity contribution < 1.29 is 4.74 Å². The van der Waals surface area contributed by atoms with Crippen molar-refractivity contribution in [3.8, 4) is 0 Å². The first-order valence-electron chi connectivity index (χ1n) is 5.97. The highest BCUT2D eigenvalue weighted by molar-refractivity contribution is 7.98. The number of likely N-dealkylation sites (N-methyl/N-ethyl adjacent to an activating group) is 1. The highest BCUT2D eigenvalue weighted by Crippen LogP contribution is 2.42. The molecule has 1 aromatic carbocycles. The topological polar surface area (TPSA) is 21.3 Å². The monoisotopic (exact) mass is 251 g/mol. The molecule has 2 nitrogen and oxygen atoms in total. The first-order chi connectivity index (χ1) is 8.05. The average Bonchev–Trinajstić information content (AvgIpc) is 2.28. The van der Waals surface area contributed by atoms with Crippen LogP contribution in [0.3, 0.4) is 0 Å². The van der Waals surface area contributed by atoms with E-state index in [-0.39, 0.29) is 11.0 Å². The van der Waals surface area contributed by atoms with Gasteiger partial charge < -0.3 is 10.1 Å². The molecule has 1 heterocycles. The highest BCUT2D eigenvalue weighted by atomic mass is 32.2. The number of benzene rings is 1. The quantitative estimate of drug-likeness (QED) is 0.831. The van der Waals surface area contributed by atoms with Crippen LogP contribution in [0.15, 0.2) is 29.2 Å². The Balaban J connectivity index is 2.34. The molecule has 0 radical (unpaired) electrons. The Labute approximate surface area is 108 Å². The number of thioether (sulfide) groups is 1. The van der Waals surface area contributed by atoms with Crippen LogP contribution in [-0.4, -0.2) is 32.1 Å². The minimum atomic E-state index is 0.0477. The van der Waals surface area contributed by atoms with Gasteiger partial charge in [-0.05, 0) is 44.8 Å². The van der Waals surface area contributed by atoms with Crippen LogP contribution in [-0.2, 0) is 10.2 Å². The Hall–Kier alpha value is -0.510. The maximum Gasteiger partial charge on any atom is 0.0603 e. The number of hydrogen-bond donors (Lipinski definition) is 1. The second-order valence-corrected chi connectivity index (χ2v) is 6.06. The molecule has 1 fully saturated rings. The summed E-state index contributed by atoms with van der Waals surface area (Å²) in [5, 5.41) is 3.43. The standard InChI is InChI=1S/C14H21NOS/c1-13(2,15-3)14(9-16-10-14)11-5-7-12(17-4)8-6-11/h5-8,15H,9-10H2,1-4H3. The van der Waals surface area contributed by atoms with Gasteiger partial charge in [-0.2, -0.15) is 0 Å². The molecule has 1 aliphatic rings. The second-order valence-electron chi connectivity index (χ2n) is 5.18. The van der Waals surface area contributed by atoms with Gasteiger partial charge in [-0.1, -0.05) is 12.1 Å². The first-order valence-corrected chi connectivity index (χ1v) is 7.19. The van der Waals surface area contributed by atoms with Gasteiger partial charge in [0.15, 0.2) is 0 Å². The summed E-state index contributed by atoms with van der Waals surface area (Å²) in [6.07, 6.45) is 2.11. The fourth-order valence-electron chi connectivity index (χ4n) is 2.34. The van der Waals surface area contributed by atoms with E-state index in [0.29, 0.717) is 0 Å². The molecule has 2 rings (SSSR count). The van der Waals surface area contributed by atoms with E-state index in [4.69, 9.17) is 4.74 Å². The minimum absolute atomic E-state index is 0.0477. The molecule has 0 atom stereocenters. The van der Waals surface area contributed by atoms with Crippen LogP contribution >= 0.6 is 11.8 Å². The molecule has 1 aromatic rings. The Bertz CT molecular complexity index is 382. The Morgan fingerprint density at radius 3 is 2.18 bits per heavy atom. The highest BCUT2D eigenvalue weighted by Gasteiger charge is 2.51. The molecular formula is C14H21NOS. The molecular weight excluding hydrogens is 230 g/mol. The van der Waals surface area contributed by atoms with E-state index in [0.717, 1.165) is 13.2 Å². The zero-order chi connectivity index (χ0) is 12.5. The Kier molecular flexibility index (Phi) is 3.53. The van der Waals surface area contributed by atoms with Crippen LogP contribution in [0, 0.1) is 0 Å². The lowest BCUT2D eigenvalue weighted by atomic mass is 9.65. The van der Waals surface area contributed by atoms with Crippen molar-refractivity contribution in [2.45, 2.75) is 29.7 Å². The summed E-state index contributed by atoms with van der Waals surface area (Å²) in [5.74, 6) is 0. The predicted molar refractivity (Wildman–Crippen MR) is 73.9 cm³/mol. The third kappa shape index (κ3) is 2.01. The summed E-state index contributed by atoms with van der Waals surface area (Å²) >= 11 is 1.78. The molecule has 0 amide bonds. The van der Waals surface area contributed by atoms with E-state index in [1.54, 1.807) is 11.8 Å². The van der Waals surface area contributed by atoms with E-state index in [1.807, 2.05) is 7.05 Å². The molecule has 0 saturated carbocycles. The fraction of sp³-hybridized carbons (Fsp3) is 0.571.